The minimum Gasteiger partial charge on any atom is -0.318 e. The first-order valence-corrected chi connectivity index (χ1v) is 11.9. The Hall–Kier alpha value is -1.40. The Bertz CT molecular complexity index is 856. The monoisotopic (exact) mass is 431 g/mol. The summed E-state index contributed by atoms with van der Waals surface area (Å²) in [6, 6.07) is 8.45. The highest BCUT2D eigenvalue weighted by Gasteiger charge is 2.33. The number of amides is 1. The maximum Gasteiger partial charge on any atom is 0.221 e. The van der Waals surface area contributed by atoms with E-state index in [9.17, 15) is 4.79 Å². The van der Waals surface area contributed by atoms with E-state index in [4.69, 9.17) is 11.6 Å². The van der Waals surface area contributed by atoms with E-state index in [1.807, 2.05) is 12.1 Å². The highest BCUT2D eigenvalue weighted by molar-refractivity contribution is 7.16. The SMILES string of the molecule is CCN1CCN(C(c2ccc(Cl)cc2)c2c(NC(C)=O)sc3c2CCCC3)CC1. The molecule has 1 aliphatic carbocycles. The van der Waals surface area contributed by atoms with Gasteiger partial charge in [-0.15, -0.1) is 11.3 Å². The van der Waals surface area contributed by atoms with Crippen molar-refractivity contribution in [1.29, 1.82) is 0 Å². The third kappa shape index (κ3) is 4.53. The molecule has 1 saturated heterocycles. The van der Waals surface area contributed by atoms with Gasteiger partial charge in [-0.2, -0.15) is 0 Å². The molecule has 1 aromatic heterocycles. The number of anilines is 1. The maximum atomic E-state index is 12.0. The molecule has 0 spiro atoms. The van der Waals surface area contributed by atoms with Gasteiger partial charge in [0.05, 0.1) is 6.04 Å². The third-order valence-corrected chi connectivity index (χ3v) is 7.66. The molecule has 6 heteroatoms. The molecule has 1 N–H and O–H groups in total. The number of fused-ring (bicyclic) bond motifs is 1. The van der Waals surface area contributed by atoms with Gasteiger partial charge in [-0.25, -0.2) is 0 Å². The molecule has 1 aliphatic heterocycles. The molecule has 1 atom stereocenters. The Kier molecular flexibility index (Phi) is 6.60. The van der Waals surface area contributed by atoms with Crippen molar-refractivity contribution in [3.63, 3.8) is 0 Å². The number of nitrogens with one attached hydrogen (secondary N) is 1. The zero-order valence-electron chi connectivity index (χ0n) is 17.3. The molecule has 156 valence electrons. The number of benzene rings is 1. The summed E-state index contributed by atoms with van der Waals surface area (Å²) in [4.78, 5) is 18.6. The smallest absolute Gasteiger partial charge is 0.221 e. The van der Waals surface area contributed by atoms with Gasteiger partial charge in [0, 0.05) is 48.6 Å². The molecule has 0 radical (unpaired) electrons. The van der Waals surface area contributed by atoms with E-state index in [1.165, 1.54) is 34.4 Å². The molecule has 0 saturated carbocycles. The van der Waals surface area contributed by atoms with Crippen molar-refractivity contribution in [2.24, 2.45) is 0 Å². The summed E-state index contributed by atoms with van der Waals surface area (Å²) in [5.74, 6) is 0.00973. The largest absolute Gasteiger partial charge is 0.318 e. The van der Waals surface area contributed by atoms with E-state index in [0.29, 0.717) is 0 Å². The fourth-order valence-corrected chi connectivity index (χ4v) is 6.17. The second kappa shape index (κ2) is 9.17. The quantitative estimate of drug-likeness (QED) is 0.726. The van der Waals surface area contributed by atoms with Gasteiger partial charge in [-0.05, 0) is 55.5 Å². The first-order valence-electron chi connectivity index (χ1n) is 10.7. The lowest BCUT2D eigenvalue weighted by atomic mass is 9.88. The van der Waals surface area contributed by atoms with Gasteiger partial charge in [0.25, 0.3) is 0 Å². The highest BCUT2D eigenvalue weighted by atomic mass is 35.5. The van der Waals surface area contributed by atoms with Crippen LogP contribution in [-0.2, 0) is 17.6 Å². The molecule has 29 heavy (non-hydrogen) atoms. The first-order chi connectivity index (χ1) is 14.1. The Morgan fingerprint density at radius 2 is 1.83 bits per heavy atom. The van der Waals surface area contributed by atoms with Crippen LogP contribution in [0.15, 0.2) is 24.3 Å². The number of piperazine rings is 1. The number of thiophene rings is 1. The number of carbonyl (C=O) groups excluding carboxylic acids is 1. The lowest BCUT2D eigenvalue weighted by Crippen LogP contribution is -2.47. The molecular weight excluding hydrogens is 402 g/mol. The Labute approximate surface area is 182 Å². The average Bonchev–Trinajstić information content (AvgIpc) is 3.07. The molecule has 4 nitrogen and oxygen atoms in total. The van der Waals surface area contributed by atoms with Crippen molar-refractivity contribution < 1.29 is 4.79 Å². The van der Waals surface area contributed by atoms with Gasteiger partial charge in [-0.1, -0.05) is 30.7 Å². The molecule has 2 aromatic rings. The molecular formula is C23H30ClN3OS. The van der Waals surface area contributed by atoms with E-state index < -0.39 is 0 Å². The maximum absolute atomic E-state index is 12.0. The van der Waals surface area contributed by atoms with Crippen molar-refractivity contribution in [1.82, 2.24) is 9.80 Å². The Balaban J connectivity index is 1.79. The average molecular weight is 432 g/mol. The first kappa shape index (κ1) is 20.9. The zero-order valence-corrected chi connectivity index (χ0v) is 18.9. The summed E-state index contributed by atoms with van der Waals surface area (Å²) in [6.45, 7) is 9.18. The number of hydrogen-bond donors (Lipinski definition) is 1. The van der Waals surface area contributed by atoms with Gasteiger partial charge in [-0.3, -0.25) is 9.69 Å². The van der Waals surface area contributed by atoms with E-state index in [2.05, 4.69) is 34.2 Å². The van der Waals surface area contributed by atoms with Crippen LogP contribution in [0.25, 0.3) is 0 Å². The van der Waals surface area contributed by atoms with Crippen molar-refractivity contribution >= 4 is 33.8 Å². The predicted molar refractivity (Wildman–Crippen MR) is 122 cm³/mol. The van der Waals surface area contributed by atoms with Crippen molar-refractivity contribution in [2.75, 3.05) is 38.0 Å². The molecule has 1 unspecified atom stereocenters. The van der Waals surface area contributed by atoms with Crippen LogP contribution in [0.1, 0.15) is 54.3 Å². The van der Waals surface area contributed by atoms with Gasteiger partial charge in [0.15, 0.2) is 0 Å². The normalized spacial score (nSPS) is 19.0. The minimum absolute atomic E-state index is 0.00973. The second-order valence-electron chi connectivity index (χ2n) is 8.06. The lowest BCUT2D eigenvalue weighted by molar-refractivity contribution is -0.114. The third-order valence-electron chi connectivity index (χ3n) is 6.18. The number of likely N-dealkylation sites (N-methyl/N-ethyl adjacent to an activating group) is 1. The molecule has 0 bridgehead atoms. The number of nitrogens with zero attached hydrogens (tertiary/aromatic N) is 2. The molecule has 2 aliphatic rings. The molecule has 1 amide bonds. The summed E-state index contributed by atoms with van der Waals surface area (Å²) in [6.07, 6.45) is 4.71. The number of hydrogen-bond acceptors (Lipinski definition) is 4. The number of halogens is 1. The van der Waals surface area contributed by atoms with Crippen LogP contribution in [0.4, 0.5) is 5.00 Å². The number of rotatable bonds is 5. The van der Waals surface area contributed by atoms with Gasteiger partial charge < -0.3 is 10.2 Å². The van der Waals surface area contributed by atoms with Gasteiger partial charge >= 0.3 is 0 Å². The fraction of sp³-hybridized carbons (Fsp3) is 0.522. The van der Waals surface area contributed by atoms with Crippen LogP contribution in [0.2, 0.25) is 5.02 Å². The van der Waals surface area contributed by atoms with Crippen LogP contribution in [0, 0.1) is 0 Å². The van der Waals surface area contributed by atoms with Crippen LogP contribution in [0.3, 0.4) is 0 Å². The van der Waals surface area contributed by atoms with Crippen LogP contribution in [-0.4, -0.2) is 48.4 Å². The standard InChI is InChI=1S/C23H30ClN3OS/c1-3-26-12-14-27(15-13-26)22(17-8-10-18(24)11-9-17)21-19-6-4-5-7-20(19)29-23(21)25-16(2)28/h8-11,22H,3-7,12-15H2,1-2H3,(H,25,28). The van der Waals surface area contributed by atoms with E-state index >= 15 is 0 Å². The number of aryl methyl sites for hydroxylation is 1. The van der Waals surface area contributed by atoms with Crippen molar-refractivity contribution in [2.45, 2.75) is 45.6 Å². The molecule has 1 fully saturated rings. The van der Waals surface area contributed by atoms with E-state index in [0.717, 1.165) is 55.6 Å². The van der Waals surface area contributed by atoms with E-state index in [1.54, 1.807) is 18.3 Å². The second-order valence-corrected chi connectivity index (χ2v) is 9.60. The summed E-state index contributed by atoms with van der Waals surface area (Å²) in [5, 5.41) is 4.97. The van der Waals surface area contributed by atoms with E-state index in [-0.39, 0.29) is 11.9 Å². The van der Waals surface area contributed by atoms with Crippen molar-refractivity contribution in [3.05, 3.63) is 50.9 Å². The van der Waals surface area contributed by atoms with Crippen molar-refractivity contribution in [3.8, 4) is 0 Å². The Morgan fingerprint density at radius 3 is 2.48 bits per heavy atom. The topological polar surface area (TPSA) is 35.6 Å². The predicted octanol–water partition coefficient (Wildman–Crippen LogP) is 4.97. The molecule has 1 aromatic carbocycles. The zero-order chi connectivity index (χ0) is 20.4. The summed E-state index contributed by atoms with van der Waals surface area (Å²) < 4.78 is 0. The fourth-order valence-electron chi connectivity index (χ4n) is 4.68. The summed E-state index contributed by atoms with van der Waals surface area (Å²) in [5.41, 5.74) is 4.06. The van der Waals surface area contributed by atoms with Crippen LogP contribution >= 0.6 is 22.9 Å². The molecule has 2 heterocycles. The highest BCUT2D eigenvalue weighted by Crippen LogP contribution is 2.45. The van der Waals surface area contributed by atoms with Gasteiger partial charge in [0.1, 0.15) is 5.00 Å². The van der Waals surface area contributed by atoms with Crippen LogP contribution in [0.5, 0.6) is 0 Å². The summed E-state index contributed by atoms with van der Waals surface area (Å²) in [7, 11) is 0. The molecule has 4 rings (SSSR count). The number of carbonyl (C=O) groups is 1. The minimum atomic E-state index is 0.00973. The van der Waals surface area contributed by atoms with Gasteiger partial charge in [0.2, 0.25) is 5.91 Å². The Morgan fingerprint density at radius 1 is 1.14 bits per heavy atom. The van der Waals surface area contributed by atoms with Crippen LogP contribution < -0.4 is 5.32 Å². The summed E-state index contributed by atoms with van der Waals surface area (Å²) >= 11 is 8.00. The lowest BCUT2D eigenvalue weighted by Gasteiger charge is -2.40.